The lowest BCUT2D eigenvalue weighted by molar-refractivity contribution is -0.110. The molecule has 3 rings (SSSR count). The molecule has 0 saturated carbocycles. The van der Waals surface area contributed by atoms with Crippen LogP contribution in [0.4, 0.5) is 0 Å². The van der Waals surface area contributed by atoms with Crippen molar-refractivity contribution in [2.75, 3.05) is 0 Å². The maximum Gasteiger partial charge on any atom is 0.202 e. The van der Waals surface area contributed by atoms with E-state index in [0.717, 1.165) is 16.7 Å². The Morgan fingerprint density at radius 3 is 2.32 bits per heavy atom. The summed E-state index contributed by atoms with van der Waals surface area (Å²) >= 11 is 1.37. The predicted molar refractivity (Wildman–Crippen MR) is 104 cm³/mol. The van der Waals surface area contributed by atoms with Crippen molar-refractivity contribution in [3.63, 3.8) is 0 Å². The fraction of sp³-hybridized carbons (Fsp3) is 0.333. The highest BCUT2D eigenvalue weighted by molar-refractivity contribution is 8.14. The second kappa shape index (κ2) is 6.68. The van der Waals surface area contributed by atoms with E-state index in [4.69, 9.17) is 4.42 Å². The minimum Gasteiger partial charge on any atom is -0.440 e. The quantitative estimate of drug-likeness (QED) is 0.617. The summed E-state index contributed by atoms with van der Waals surface area (Å²) in [5.74, 6) is 0.665. The number of rotatable bonds is 5. The van der Waals surface area contributed by atoms with Crippen molar-refractivity contribution in [1.29, 1.82) is 0 Å². The predicted octanol–water partition coefficient (Wildman–Crippen LogP) is 5.39. The van der Waals surface area contributed by atoms with Gasteiger partial charge in [0.25, 0.3) is 0 Å². The Morgan fingerprint density at radius 1 is 1.00 bits per heavy atom. The summed E-state index contributed by atoms with van der Waals surface area (Å²) in [4.78, 5) is 17.2. The molecule has 25 heavy (non-hydrogen) atoms. The van der Waals surface area contributed by atoms with Crippen LogP contribution in [-0.4, -0.2) is 14.8 Å². The highest BCUT2D eigenvalue weighted by atomic mass is 32.2. The highest BCUT2D eigenvalue weighted by Gasteiger charge is 2.44. The van der Waals surface area contributed by atoms with Gasteiger partial charge in [-0.15, -0.1) is 0 Å². The summed E-state index contributed by atoms with van der Waals surface area (Å²) in [5.41, 5.74) is 2.27. The fourth-order valence-electron chi connectivity index (χ4n) is 2.61. The number of oxazole rings is 1. The molecule has 0 aliphatic rings. The van der Waals surface area contributed by atoms with Crippen LogP contribution < -0.4 is 0 Å². The first-order chi connectivity index (χ1) is 11.8. The molecule has 1 heterocycles. The van der Waals surface area contributed by atoms with E-state index in [0.29, 0.717) is 12.3 Å². The molecule has 2 aromatic carbocycles. The molecular weight excluding hydrogens is 330 g/mol. The number of para-hydroxylation sites is 2. The molecule has 0 aliphatic heterocycles. The van der Waals surface area contributed by atoms with Crippen LogP contribution in [0.15, 0.2) is 59.0 Å². The number of benzene rings is 2. The molecule has 3 aromatic rings. The lowest BCUT2D eigenvalue weighted by atomic mass is 9.80. The number of nitrogens with zero attached hydrogens (tertiary/aromatic N) is 1. The van der Waals surface area contributed by atoms with Crippen LogP contribution in [0.5, 0.6) is 0 Å². The number of aromatic nitrogens is 1. The monoisotopic (exact) mass is 353 g/mol. The molecule has 0 aliphatic carbocycles. The maximum absolute atomic E-state index is 12.6. The average Bonchev–Trinajstić information content (AvgIpc) is 2.99. The van der Waals surface area contributed by atoms with Crippen molar-refractivity contribution >= 4 is 28.0 Å². The smallest absolute Gasteiger partial charge is 0.202 e. The summed E-state index contributed by atoms with van der Waals surface area (Å²) < 4.78 is 5.62. The van der Waals surface area contributed by atoms with Gasteiger partial charge in [-0.25, -0.2) is 4.98 Å². The first-order valence-corrected chi connectivity index (χ1v) is 9.23. The number of carbonyl (C=O) groups excluding carboxylic acids is 1. The zero-order valence-electron chi connectivity index (χ0n) is 15.1. The van der Waals surface area contributed by atoms with Gasteiger partial charge in [0, 0.05) is 11.2 Å². The third kappa shape index (κ3) is 3.64. The minimum absolute atomic E-state index is 0.153. The third-order valence-corrected chi connectivity index (χ3v) is 6.29. The van der Waals surface area contributed by atoms with Crippen molar-refractivity contribution in [3.05, 3.63) is 66.1 Å². The lowest BCUT2D eigenvalue weighted by Gasteiger charge is -2.37. The topological polar surface area (TPSA) is 43.1 Å². The molecule has 0 spiro atoms. The zero-order valence-corrected chi connectivity index (χ0v) is 15.9. The summed E-state index contributed by atoms with van der Waals surface area (Å²) in [6.07, 6.45) is 0.429. The number of hydrogen-bond donors (Lipinski definition) is 0. The number of thioether (sulfide) groups is 1. The fourth-order valence-corrected chi connectivity index (χ4v) is 3.76. The summed E-state index contributed by atoms with van der Waals surface area (Å²) in [7, 11) is 0. The van der Waals surface area contributed by atoms with Gasteiger partial charge in [-0.1, -0.05) is 54.2 Å². The Kier molecular flexibility index (Phi) is 4.74. The molecule has 0 fully saturated rings. The Labute approximate surface area is 152 Å². The number of fused-ring (bicyclic) bond motifs is 1. The van der Waals surface area contributed by atoms with Crippen LogP contribution >= 0.6 is 11.8 Å². The first-order valence-electron chi connectivity index (χ1n) is 8.41. The Bertz CT molecular complexity index is 848. The minimum atomic E-state index is -0.400. The molecular formula is C21H23NO2S. The van der Waals surface area contributed by atoms with Gasteiger partial charge in [0.1, 0.15) is 5.52 Å². The summed E-state index contributed by atoms with van der Waals surface area (Å²) in [5, 5.41) is 0.153. The van der Waals surface area contributed by atoms with Gasteiger partial charge in [-0.3, -0.25) is 4.79 Å². The SMILES string of the molecule is CC(C)(SC(=O)Cc1ccccc1)C(C)(C)c1nc2ccccc2o1. The molecule has 0 bridgehead atoms. The van der Waals surface area contributed by atoms with Gasteiger partial charge in [0.05, 0.1) is 5.41 Å². The van der Waals surface area contributed by atoms with E-state index < -0.39 is 5.41 Å². The van der Waals surface area contributed by atoms with Crippen molar-refractivity contribution in [2.24, 2.45) is 0 Å². The second-order valence-electron chi connectivity index (χ2n) is 7.26. The highest BCUT2D eigenvalue weighted by Crippen LogP contribution is 2.44. The van der Waals surface area contributed by atoms with E-state index in [2.05, 4.69) is 32.7 Å². The summed E-state index contributed by atoms with van der Waals surface area (Å²) in [6.45, 7) is 8.33. The summed E-state index contributed by atoms with van der Waals surface area (Å²) in [6, 6.07) is 17.6. The molecule has 0 atom stereocenters. The third-order valence-electron chi connectivity index (χ3n) is 4.89. The molecule has 3 nitrogen and oxygen atoms in total. The van der Waals surface area contributed by atoms with E-state index in [1.54, 1.807) is 0 Å². The average molecular weight is 353 g/mol. The Hall–Kier alpha value is -2.07. The zero-order chi connectivity index (χ0) is 18.1. The first kappa shape index (κ1) is 17.7. The van der Waals surface area contributed by atoms with Gasteiger partial charge >= 0.3 is 0 Å². The molecule has 0 radical (unpaired) electrons. The molecule has 4 heteroatoms. The van der Waals surface area contributed by atoms with E-state index in [9.17, 15) is 4.79 Å². The van der Waals surface area contributed by atoms with Crippen LogP contribution in [0.3, 0.4) is 0 Å². The molecule has 0 unspecified atom stereocenters. The number of carbonyl (C=O) groups is 1. The molecule has 0 amide bonds. The van der Waals surface area contributed by atoms with Crippen LogP contribution in [0.2, 0.25) is 0 Å². The lowest BCUT2D eigenvalue weighted by Crippen LogP contribution is -2.41. The van der Waals surface area contributed by atoms with E-state index in [-0.39, 0.29) is 9.86 Å². The standard InChI is InChI=1S/C21H23NO2S/c1-20(2,19-22-16-12-8-9-13-17(16)24-19)21(3,4)25-18(23)14-15-10-6-5-7-11-15/h5-13H,14H2,1-4H3. The van der Waals surface area contributed by atoms with Crippen molar-refractivity contribution in [1.82, 2.24) is 4.98 Å². The number of hydrogen-bond acceptors (Lipinski definition) is 4. The van der Waals surface area contributed by atoms with Crippen molar-refractivity contribution in [3.8, 4) is 0 Å². The molecule has 0 N–H and O–H groups in total. The maximum atomic E-state index is 12.6. The Balaban J connectivity index is 1.80. The van der Waals surface area contributed by atoms with Crippen LogP contribution in [-0.2, 0) is 16.6 Å². The van der Waals surface area contributed by atoms with Crippen molar-refractivity contribution in [2.45, 2.75) is 44.3 Å². The van der Waals surface area contributed by atoms with E-state index in [1.807, 2.05) is 54.6 Å². The van der Waals surface area contributed by atoms with Gasteiger partial charge in [-0.2, -0.15) is 0 Å². The van der Waals surface area contributed by atoms with E-state index >= 15 is 0 Å². The van der Waals surface area contributed by atoms with Crippen LogP contribution in [0, 0.1) is 0 Å². The van der Waals surface area contributed by atoms with Gasteiger partial charge in [0.2, 0.25) is 5.89 Å². The Morgan fingerprint density at radius 2 is 1.64 bits per heavy atom. The van der Waals surface area contributed by atoms with Gasteiger partial charge in [0.15, 0.2) is 10.7 Å². The van der Waals surface area contributed by atoms with Crippen LogP contribution in [0.25, 0.3) is 11.1 Å². The van der Waals surface area contributed by atoms with Gasteiger partial charge < -0.3 is 4.42 Å². The normalized spacial score (nSPS) is 12.5. The molecule has 130 valence electrons. The largest absolute Gasteiger partial charge is 0.440 e. The van der Waals surface area contributed by atoms with Crippen LogP contribution in [0.1, 0.15) is 39.1 Å². The van der Waals surface area contributed by atoms with E-state index in [1.165, 1.54) is 11.8 Å². The van der Waals surface area contributed by atoms with Crippen molar-refractivity contribution < 1.29 is 9.21 Å². The molecule has 0 saturated heterocycles. The van der Waals surface area contributed by atoms with Gasteiger partial charge in [-0.05, 0) is 45.4 Å². The second-order valence-corrected chi connectivity index (χ2v) is 8.94. The molecule has 1 aromatic heterocycles.